The maximum Gasteiger partial charge on any atom is 0.387 e. The lowest BCUT2D eigenvalue weighted by molar-refractivity contribution is -0.111. The molecule has 1 aliphatic rings. The van der Waals surface area contributed by atoms with E-state index < -0.39 is 6.61 Å². The maximum atomic E-state index is 12.5. The van der Waals surface area contributed by atoms with Gasteiger partial charge in [0.25, 0.3) is 0 Å². The van der Waals surface area contributed by atoms with Gasteiger partial charge >= 0.3 is 6.61 Å². The number of hydrogen-bond acceptors (Lipinski definition) is 5. The number of carbonyl (C=O) groups excluding carboxylic acids is 1. The summed E-state index contributed by atoms with van der Waals surface area (Å²) in [6.45, 7) is 1.92. The van der Waals surface area contributed by atoms with Crippen molar-refractivity contribution in [3.05, 3.63) is 90.0 Å². The summed E-state index contributed by atoms with van der Waals surface area (Å²) in [7, 11) is 1.36. The minimum Gasteiger partial charge on any atom is -0.493 e. The number of anilines is 2. The molecule has 0 spiro atoms. The molecule has 1 aliphatic heterocycles. The average molecular weight is 494 g/mol. The predicted octanol–water partition coefficient (Wildman–Crippen LogP) is 5.27. The van der Waals surface area contributed by atoms with Crippen LogP contribution in [0.5, 0.6) is 11.5 Å². The summed E-state index contributed by atoms with van der Waals surface area (Å²) in [5.41, 5.74) is 3.76. The molecule has 6 nitrogen and oxygen atoms in total. The van der Waals surface area contributed by atoms with Crippen molar-refractivity contribution in [1.82, 2.24) is 4.90 Å². The van der Waals surface area contributed by atoms with Gasteiger partial charge in [0.2, 0.25) is 5.91 Å². The van der Waals surface area contributed by atoms with Crippen molar-refractivity contribution in [2.45, 2.75) is 13.2 Å². The molecule has 3 aromatic rings. The predicted molar refractivity (Wildman–Crippen MR) is 138 cm³/mol. The van der Waals surface area contributed by atoms with Gasteiger partial charge in [0.05, 0.1) is 7.11 Å². The minimum atomic E-state index is -2.94. The van der Waals surface area contributed by atoms with Crippen LogP contribution in [0.4, 0.5) is 20.2 Å². The van der Waals surface area contributed by atoms with Crippen LogP contribution in [-0.4, -0.2) is 50.7 Å². The fourth-order valence-corrected chi connectivity index (χ4v) is 4.10. The van der Waals surface area contributed by atoms with Crippen LogP contribution < -0.4 is 19.7 Å². The van der Waals surface area contributed by atoms with Gasteiger partial charge < -0.3 is 19.7 Å². The SMILES string of the molecule is COc1cc(/C=C/C(=O)Nc2ccc(N3CCN(Cc4ccccc4)CC3)cc2)ccc1OC(F)F. The fraction of sp³-hybridized carbons (Fsp3) is 0.250. The molecule has 0 atom stereocenters. The summed E-state index contributed by atoms with van der Waals surface area (Å²) in [6, 6.07) is 22.8. The molecular formula is C28H29F2N3O3. The molecule has 1 fully saturated rings. The van der Waals surface area contributed by atoms with Gasteiger partial charge in [-0.05, 0) is 53.6 Å². The molecule has 1 heterocycles. The van der Waals surface area contributed by atoms with E-state index in [1.165, 1.54) is 30.9 Å². The van der Waals surface area contributed by atoms with Crippen LogP contribution in [0.15, 0.2) is 78.9 Å². The van der Waals surface area contributed by atoms with Crippen LogP contribution in [0.3, 0.4) is 0 Å². The van der Waals surface area contributed by atoms with Crippen LogP contribution in [0.25, 0.3) is 6.08 Å². The number of hydrogen-bond donors (Lipinski definition) is 1. The lowest BCUT2D eigenvalue weighted by Gasteiger charge is -2.36. The number of alkyl halides is 2. The number of piperazine rings is 1. The fourth-order valence-electron chi connectivity index (χ4n) is 4.10. The first-order valence-electron chi connectivity index (χ1n) is 11.7. The summed E-state index contributed by atoms with van der Waals surface area (Å²) in [4.78, 5) is 17.2. The highest BCUT2D eigenvalue weighted by Gasteiger charge is 2.17. The standard InChI is InChI=1S/C28H29F2N3O3/c1-35-26-19-21(7-13-25(26)36-28(29)30)8-14-27(34)31-23-9-11-24(12-10-23)33-17-15-32(16-18-33)20-22-5-3-2-4-6-22/h2-14,19,28H,15-18,20H2,1H3,(H,31,34)/b14-8+. The molecule has 1 amide bonds. The number of nitrogens with one attached hydrogen (secondary N) is 1. The number of halogens is 2. The molecule has 0 aliphatic carbocycles. The zero-order valence-corrected chi connectivity index (χ0v) is 20.1. The highest BCUT2D eigenvalue weighted by molar-refractivity contribution is 6.02. The molecule has 0 bridgehead atoms. The number of nitrogens with zero attached hydrogens (tertiary/aromatic N) is 2. The van der Waals surface area contributed by atoms with Crippen molar-refractivity contribution >= 4 is 23.4 Å². The Hall–Kier alpha value is -3.91. The third kappa shape index (κ3) is 7.05. The Balaban J connectivity index is 1.27. The van der Waals surface area contributed by atoms with E-state index in [1.807, 2.05) is 30.3 Å². The van der Waals surface area contributed by atoms with E-state index in [9.17, 15) is 13.6 Å². The number of rotatable bonds is 9. The van der Waals surface area contributed by atoms with Gasteiger partial charge in [-0.3, -0.25) is 9.69 Å². The van der Waals surface area contributed by atoms with Crippen molar-refractivity contribution in [2.75, 3.05) is 43.5 Å². The van der Waals surface area contributed by atoms with Gasteiger partial charge in [0, 0.05) is 50.2 Å². The van der Waals surface area contributed by atoms with Gasteiger partial charge in [-0.25, -0.2) is 0 Å². The Morgan fingerprint density at radius 3 is 2.36 bits per heavy atom. The third-order valence-corrected chi connectivity index (χ3v) is 5.95. The quantitative estimate of drug-likeness (QED) is 0.412. The van der Waals surface area contributed by atoms with Crippen LogP contribution in [0.2, 0.25) is 0 Å². The minimum absolute atomic E-state index is 0.0631. The Labute approximate surface area is 209 Å². The maximum absolute atomic E-state index is 12.5. The molecule has 4 rings (SSSR count). The summed E-state index contributed by atoms with van der Waals surface area (Å²) < 4.78 is 34.4. The van der Waals surface area contributed by atoms with Crippen molar-refractivity contribution < 1.29 is 23.0 Å². The lowest BCUT2D eigenvalue weighted by atomic mass is 10.2. The van der Waals surface area contributed by atoms with Crippen LogP contribution in [-0.2, 0) is 11.3 Å². The largest absolute Gasteiger partial charge is 0.493 e. The molecule has 3 aromatic carbocycles. The Kier molecular flexibility index (Phi) is 8.52. The Bertz CT molecular complexity index is 1160. The summed E-state index contributed by atoms with van der Waals surface area (Å²) in [5, 5.41) is 2.84. The number of ether oxygens (including phenoxy) is 2. The van der Waals surface area contributed by atoms with Crippen LogP contribution >= 0.6 is 0 Å². The first-order valence-corrected chi connectivity index (χ1v) is 11.7. The normalized spacial score (nSPS) is 14.3. The van der Waals surface area contributed by atoms with Crippen molar-refractivity contribution in [3.63, 3.8) is 0 Å². The van der Waals surface area contributed by atoms with Gasteiger partial charge in [0.15, 0.2) is 11.5 Å². The lowest BCUT2D eigenvalue weighted by Crippen LogP contribution is -2.45. The molecule has 1 N–H and O–H groups in total. The number of amides is 1. The van der Waals surface area contributed by atoms with E-state index >= 15 is 0 Å². The summed E-state index contributed by atoms with van der Waals surface area (Å²) in [5.74, 6) is -0.203. The number of carbonyl (C=O) groups is 1. The second-order valence-electron chi connectivity index (χ2n) is 8.41. The first kappa shape index (κ1) is 25.2. The molecule has 188 valence electrons. The zero-order chi connectivity index (χ0) is 25.3. The molecule has 0 unspecified atom stereocenters. The molecular weight excluding hydrogens is 464 g/mol. The van der Waals surface area contributed by atoms with Crippen LogP contribution in [0.1, 0.15) is 11.1 Å². The Morgan fingerprint density at radius 2 is 1.69 bits per heavy atom. The van der Waals surface area contributed by atoms with E-state index in [2.05, 4.69) is 44.1 Å². The van der Waals surface area contributed by atoms with E-state index in [0.29, 0.717) is 11.3 Å². The molecule has 0 aromatic heterocycles. The summed E-state index contributed by atoms with van der Waals surface area (Å²) >= 11 is 0. The Morgan fingerprint density at radius 1 is 0.972 bits per heavy atom. The van der Waals surface area contributed by atoms with Crippen molar-refractivity contribution in [2.24, 2.45) is 0 Å². The zero-order valence-electron chi connectivity index (χ0n) is 20.1. The van der Waals surface area contributed by atoms with Gasteiger partial charge in [-0.2, -0.15) is 8.78 Å². The smallest absolute Gasteiger partial charge is 0.387 e. The summed E-state index contributed by atoms with van der Waals surface area (Å²) in [6.07, 6.45) is 2.95. The topological polar surface area (TPSA) is 54.0 Å². The van der Waals surface area contributed by atoms with Crippen LogP contribution in [0, 0.1) is 0 Å². The first-order chi connectivity index (χ1) is 17.5. The number of benzene rings is 3. The van der Waals surface area contributed by atoms with Gasteiger partial charge in [-0.1, -0.05) is 36.4 Å². The van der Waals surface area contributed by atoms with Crippen molar-refractivity contribution in [3.8, 4) is 11.5 Å². The molecule has 8 heteroatoms. The van der Waals surface area contributed by atoms with E-state index in [1.54, 1.807) is 12.1 Å². The van der Waals surface area contributed by atoms with Gasteiger partial charge in [-0.15, -0.1) is 0 Å². The number of methoxy groups -OCH3 is 1. The van der Waals surface area contributed by atoms with Gasteiger partial charge in [0.1, 0.15) is 0 Å². The molecule has 0 saturated carbocycles. The second-order valence-corrected chi connectivity index (χ2v) is 8.41. The monoisotopic (exact) mass is 493 g/mol. The molecule has 0 radical (unpaired) electrons. The third-order valence-electron chi connectivity index (χ3n) is 5.95. The molecule has 1 saturated heterocycles. The highest BCUT2D eigenvalue weighted by Crippen LogP contribution is 2.30. The highest BCUT2D eigenvalue weighted by atomic mass is 19.3. The van der Waals surface area contributed by atoms with E-state index in [4.69, 9.17) is 4.74 Å². The molecule has 36 heavy (non-hydrogen) atoms. The van der Waals surface area contributed by atoms with E-state index in [-0.39, 0.29) is 17.4 Å². The van der Waals surface area contributed by atoms with Crippen molar-refractivity contribution in [1.29, 1.82) is 0 Å². The second kappa shape index (κ2) is 12.2. The average Bonchev–Trinajstić information content (AvgIpc) is 2.89. The van der Waals surface area contributed by atoms with E-state index in [0.717, 1.165) is 38.4 Å².